The van der Waals surface area contributed by atoms with Crippen LogP contribution in [-0.2, 0) is 11.2 Å². The SMILES string of the molecule is CCN(CC)c1cc(Cl)nc(SCC(=O)N(C)CCc2ccc(OC)c(OC)c2)n1. The van der Waals surface area contributed by atoms with Crippen LogP contribution in [0.25, 0.3) is 0 Å². The van der Waals surface area contributed by atoms with Crippen LogP contribution in [0.15, 0.2) is 29.4 Å². The molecule has 1 aromatic carbocycles. The summed E-state index contributed by atoms with van der Waals surface area (Å²) in [6, 6.07) is 7.52. The van der Waals surface area contributed by atoms with E-state index in [9.17, 15) is 4.79 Å². The quantitative estimate of drug-likeness (QED) is 0.292. The molecule has 7 nitrogen and oxygen atoms in total. The van der Waals surface area contributed by atoms with Crippen LogP contribution in [0, 0.1) is 0 Å². The number of carbonyl (C=O) groups is 1. The van der Waals surface area contributed by atoms with Gasteiger partial charge in [0, 0.05) is 32.7 Å². The molecule has 0 atom stereocenters. The normalized spacial score (nSPS) is 10.6. The van der Waals surface area contributed by atoms with Gasteiger partial charge in [0.2, 0.25) is 5.91 Å². The first-order valence-electron chi connectivity index (χ1n) is 9.78. The third kappa shape index (κ3) is 6.67. The van der Waals surface area contributed by atoms with Gasteiger partial charge in [-0.05, 0) is 38.0 Å². The summed E-state index contributed by atoms with van der Waals surface area (Å²) in [5.41, 5.74) is 1.07. The Labute approximate surface area is 187 Å². The zero-order chi connectivity index (χ0) is 22.1. The summed E-state index contributed by atoms with van der Waals surface area (Å²) in [5.74, 6) is 2.40. The maximum atomic E-state index is 12.5. The summed E-state index contributed by atoms with van der Waals surface area (Å²) in [5, 5.41) is 0.884. The highest BCUT2D eigenvalue weighted by molar-refractivity contribution is 7.99. The molecule has 30 heavy (non-hydrogen) atoms. The summed E-state index contributed by atoms with van der Waals surface area (Å²) in [7, 11) is 5.01. The molecule has 0 saturated heterocycles. The Kier molecular flexibility index (Phi) is 9.52. The van der Waals surface area contributed by atoms with Crippen molar-refractivity contribution in [3.8, 4) is 11.5 Å². The van der Waals surface area contributed by atoms with E-state index in [1.165, 1.54) is 11.8 Å². The number of carbonyl (C=O) groups excluding carboxylic acids is 1. The number of benzene rings is 1. The highest BCUT2D eigenvalue weighted by Crippen LogP contribution is 2.28. The third-order valence-corrected chi connectivity index (χ3v) is 5.71. The van der Waals surface area contributed by atoms with Crippen molar-refractivity contribution in [2.24, 2.45) is 0 Å². The molecule has 2 rings (SSSR count). The second-order valence-electron chi connectivity index (χ2n) is 6.55. The number of ether oxygens (including phenoxy) is 2. The lowest BCUT2D eigenvalue weighted by atomic mass is 10.1. The van der Waals surface area contributed by atoms with E-state index in [4.69, 9.17) is 21.1 Å². The van der Waals surface area contributed by atoms with Crippen LogP contribution in [0.3, 0.4) is 0 Å². The van der Waals surface area contributed by atoms with Crippen LogP contribution < -0.4 is 14.4 Å². The molecular formula is C21H29ClN4O3S. The Morgan fingerprint density at radius 2 is 1.80 bits per heavy atom. The Hall–Kier alpha value is -2.19. The fraction of sp³-hybridized carbons (Fsp3) is 0.476. The van der Waals surface area contributed by atoms with Crippen molar-refractivity contribution in [2.45, 2.75) is 25.4 Å². The Morgan fingerprint density at radius 3 is 2.43 bits per heavy atom. The molecule has 0 aliphatic rings. The molecule has 1 aromatic heterocycles. The minimum atomic E-state index is 0.00782. The summed E-state index contributed by atoms with van der Waals surface area (Å²) >= 11 is 7.44. The van der Waals surface area contributed by atoms with E-state index in [0.717, 1.165) is 24.5 Å². The van der Waals surface area contributed by atoms with Crippen LogP contribution in [0.1, 0.15) is 19.4 Å². The first-order valence-corrected chi connectivity index (χ1v) is 11.1. The lowest BCUT2D eigenvalue weighted by Gasteiger charge is -2.20. The van der Waals surface area contributed by atoms with Gasteiger partial charge in [0.25, 0.3) is 0 Å². The molecule has 0 aliphatic heterocycles. The summed E-state index contributed by atoms with van der Waals surface area (Å²) in [6.45, 7) is 6.36. The Bertz CT molecular complexity index is 849. The first-order chi connectivity index (χ1) is 14.4. The predicted octanol–water partition coefficient (Wildman–Crippen LogP) is 3.79. The molecule has 2 aromatic rings. The molecule has 9 heteroatoms. The minimum absolute atomic E-state index is 0.00782. The van der Waals surface area contributed by atoms with Gasteiger partial charge in [-0.15, -0.1) is 0 Å². The van der Waals surface area contributed by atoms with Crippen LogP contribution in [0.4, 0.5) is 5.82 Å². The minimum Gasteiger partial charge on any atom is -0.493 e. The Morgan fingerprint density at radius 1 is 1.10 bits per heavy atom. The zero-order valence-corrected chi connectivity index (χ0v) is 19.7. The summed E-state index contributed by atoms with van der Waals surface area (Å²) < 4.78 is 10.6. The number of nitrogens with zero attached hydrogens (tertiary/aromatic N) is 4. The van der Waals surface area contributed by atoms with Crippen molar-refractivity contribution in [3.63, 3.8) is 0 Å². The molecule has 0 N–H and O–H groups in total. The van der Waals surface area contributed by atoms with Crippen molar-refractivity contribution < 1.29 is 14.3 Å². The monoisotopic (exact) mass is 452 g/mol. The number of rotatable bonds is 11. The largest absolute Gasteiger partial charge is 0.493 e. The number of hydrogen-bond acceptors (Lipinski definition) is 7. The lowest BCUT2D eigenvalue weighted by Crippen LogP contribution is -2.30. The maximum absolute atomic E-state index is 12.5. The molecule has 0 spiro atoms. The van der Waals surface area contributed by atoms with E-state index in [2.05, 4.69) is 28.7 Å². The molecule has 0 saturated carbocycles. The first kappa shape index (κ1) is 24.1. The molecule has 0 fully saturated rings. The van der Waals surface area contributed by atoms with E-state index in [1.807, 2.05) is 18.2 Å². The van der Waals surface area contributed by atoms with Crippen LogP contribution >= 0.6 is 23.4 Å². The van der Waals surface area contributed by atoms with E-state index in [0.29, 0.717) is 34.8 Å². The average Bonchev–Trinajstić information content (AvgIpc) is 2.76. The number of aromatic nitrogens is 2. The van der Waals surface area contributed by atoms with Crippen molar-refractivity contribution in [1.29, 1.82) is 0 Å². The second-order valence-corrected chi connectivity index (χ2v) is 7.88. The fourth-order valence-corrected chi connectivity index (χ4v) is 3.88. The molecule has 1 heterocycles. The van der Waals surface area contributed by atoms with Crippen molar-refractivity contribution >= 4 is 35.1 Å². The van der Waals surface area contributed by atoms with Gasteiger partial charge >= 0.3 is 0 Å². The lowest BCUT2D eigenvalue weighted by molar-refractivity contribution is -0.127. The van der Waals surface area contributed by atoms with Crippen molar-refractivity contribution in [1.82, 2.24) is 14.9 Å². The molecule has 0 aliphatic carbocycles. The van der Waals surface area contributed by atoms with E-state index < -0.39 is 0 Å². The third-order valence-electron chi connectivity index (χ3n) is 4.68. The summed E-state index contributed by atoms with van der Waals surface area (Å²) in [4.78, 5) is 25.1. The van der Waals surface area contributed by atoms with Crippen LogP contribution in [0.5, 0.6) is 11.5 Å². The molecule has 0 radical (unpaired) electrons. The standard InChI is InChI=1S/C21H29ClN4O3S/c1-6-26(7-2)19-13-18(22)23-21(24-19)30-14-20(27)25(3)11-10-15-8-9-16(28-4)17(12-15)29-5/h8-9,12-13H,6-7,10-11,14H2,1-5H3. The number of likely N-dealkylation sites (N-methyl/N-ethyl adjacent to an activating group) is 1. The number of thioether (sulfide) groups is 1. The molecule has 0 bridgehead atoms. The van der Waals surface area contributed by atoms with Gasteiger partial charge < -0.3 is 19.3 Å². The highest BCUT2D eigenvalue weighted by atomic mass is 35.5. The van der Waals surface area contributed by atoms with Gasteiger partial charge in [-0.25, -0.2) is 9.97 Å². The van der Waals surface area contributed by atoms with Gasteiger partial charge in [-0.1, -0.05) is 29.4 Å². The number of anilines is 1. The summed E-state index contributed by atoms with van der Waals surface area (Å²) in [6.07, 6.45) is 0.715. The van der Waals surface area contributed by atoms with Crippen LogP contribution in [0.2, 0.25) is 5.15 Å². The van der Waals surface area contributed by atoms with E-state index >= 15 is 0 Å². The maximum Gasteiger partial charge on any atom is 0.232 e. The van der Waals surface area contributed by atoms with E-state index in [1.54, 1.807) is 32.2 Å². The average molecular weight is 453 g/mol. The van der Waals surface area contributed by atoms with Gasteiger partial charge in [-0.2, -0.15) is 0 Å². The Balaban J connectivity index is 1.92. The molecule has 0 unspecified atom stereocenters. The van der Waals surface area contributed by atoms with Crippen molar-refractivity contribution in [3.05, 3.63) is 35.0 Å². The smallest absolute Gasteiger partial charge is 0.232 e. The van der Waals surface area contributed by atoms with Gasteiger partial charge in [0.1, 0.15) is 11.0 Å². The predicted molar refractivity (Wildman–Crippen MR) is 122 cm³/mol. The molecular weight excluding hydrogens is 424 g/mol. The van der Waals surface area contributed by atoms with Crippen LogP contribution in [-0.4, -0.2) is 67.4 Å². The zero-order valence-electron chi connectivity index (χ0n) is 18.1. The second kappa shape index (κ2) is 11.9. The number of halogens is 1. The molecule has 164 valence electrons. The van der Waals surface area contributed by atoms with Crippen molar-refractivity contribution in [2.75, 3.05) is 51.6 Å². The van der Waals surface area contributed by atoms with Gasteiger partial charge in [0.05, 0.1) is 20.0 Å². The van der Waals surface area contributed by atoms with Gasteiger partial charge in [0.15, 0.2) is 16.7 Å². The number of hydrogen-bond donors (Lipinski definition) is 0. The highest BCUT2D eigenvalue weighted by Gasteiger charge is 2.14. The fourth-order valence-electron chi connectivity index (χ4n) is 2.85. The van der Waals surface area contributed by atoms with Gasteiger partial charge in [-0.3, -0.25) is 4.79 Å². The molecule has 1 amide bonds. The van der Waals surface area contributed by atoms with E-state index in [-0.39, 0.29) is 11.7 Å². The number of amides is 1. The number of methoxy groups -OCH3 is 2. The topological polar surface area (TPSA) is 67.8 Å².